The molecule has 13 heavy (non-hydrogen) atoms. The van der Waals surface area contributed by atoms with Crippen LogP contribution in [0.15, 0.2) is 0 Å². The molecule has 0 atom stereocenters. The fourth-order valence-electron chi connectivity index (χ4n) is 0.716. The van der Waals surface area contributed by atoms with Gasteiger partial charge < -0.3 is 10.4 Å². The van der Waals surface area contributed by atoms with E-state index in [1.54, 1.807) is 0 Å². The Hall–Kier alpha value is 0.300. The third kappa shape index (κ3) is 7.38. The average Bonchev–Trinajstić information content (AvgIpc) is 2.02. The molecule has 0 aliphatic rings. The van der Waals surface area contributed by atoms with E-state index in [9.17, 15) is 4.79 Å². The molecule has 3 nitrogen and oxygen atoms in total. The third-order valence-corrected chi connectivity index (χ3v) is 1.89. The van der Waals surface area contributed by atoms with Crippen molar-refractivity contribution in [3.8, 4) is 0 Å². The SMILES string of the molecule is O=C(NCCCCCO)C(Cl)(Cl)Cl. The van der Waals surface area contributed by atoms with Crippen LogP contribution < -0.4 is 5.32 Å². The summed E-state index contributed by atoms with van der Waals surface area (Å²) in [5.74, 6) is -0.610. The maximum absolute atomic E-state index is 10.9. The van der Waals surface area contributed by atoms with E-state index < -0.39 is 9.70 Å². The lowest BCUT2D eigenvalue weighted by atomic mass is 10.2. The number of rotatable bonds is 5. The van der Waals surface area contributed by atoms with Crippen molar-refractivity contribution in [3.63, 3.8) is 0 Å². The van der Waals surface area contributed by atoms with E-state index in [2.05, 4.69) is 5.32 Å². The van der Waals surface area contributed by atoms with Crippen LogP contribution in [0.25, 0.3) is 0 Å². The van der Waals surface area contributed by atoms with Crippen molar-refractivity contribution in [2.24, 2.45) is 0 Å². The maximum Gasteiger partial charge on any atom is 0.272 e. The van der Waals surface area contributed by atoms with Gasteiger partial charge >= 0.3 is 0 Å². The molecule has 78 valence electrons. The van der Waals surface area contributed by atoms with Crippen LogP contribution in [0.3, 0.4) is 0 Å². The zero-order valence-corrected chi connectivity index (χ0v) is 9.29. The van der Waals surface area contributed by atoms with Crippen LogP contribution in [0.5, 0.6) is 0 Å². The van der Waals surface area contributed by atoms with Gasteiger partial charge in [0.05, 0.1) is 0 Å². The van der Waals surface area contributed by atoms with Gasteiger partial charge in [0, 0.05) is 13.2 Å². The monoisotopic (exact) mass is 247 g/mol. The average molecular weight is 249 g/mol. The Morgan fingerprint density at radius 3 is 2.31 bits per heavy atom. The molecule has 0 aromatic carbocycles. The Kier molecular flexibility index (Phi) is 6.86. The third-order valence-electron chi connectivity index (χ3n) is 1.38. The van der Waals surface area contributed by atoms with Gasteiger partial charge in [0.2, 0.25) is 0 Å². The van der Waals surface area contributed by atoms with E-state index in [4.69, 9.17) is 39.9 Å². The Balaban J connectivity index is 3.38. The van der Waals surface area contributed by atoms with Gasteiger partial charge in [-0.1, -0.05) is 34.8 Å². The molecule has 2 N–H and O–H groups in total. The molecule has 0 radical (unpaired) electrons. The van der Waals surface area contributed by atoms with Gasteiger partial charge in [0.1, 0.15) is 0 Å². The predicted molar refractivity (Wildman–Crippen MR) is 54.2 cm³/mol. The minimum Gasteiger partial charge on any atom is -0.396 e. The number of halogens is 3. The first-order valence-corrected chi connectivity index (χ1v) is 5.07. The molecular formula is C7H12Cl3NO2. The van der Waals surface area contributed by atoms with Crippen molar-refractivity contribution < 1.29 is 9.90 Å². The highest BCUT2D eigenvalue weighted by atomic mass is 35.6. The van der Waals surface area contributed by atoms with Crippen LogP contribution in [-0.4, -0.2) is 28.0 Å². The van der Waals surface area contributed by atoms with Crippen LogP contribution in [0.2, 0.25) is 0 Å². The largest absolute Gasteiger partial charge is 0.396 e. The van der Waals surface area contributed by atoms with Gasteiger partial charge in [-0.3, -0.25) is 4.79 Å². The number of aliphatic hydroxyl groups is 1. The highest BCUT2D eigenvalue weighted by Gasteiger charge is 2.29. The Labute approximate surface area is 92.3 Å². The first-order chi connectivity index (χ1) is 5.98. The van der Waals surface area contributed by atoms with E-state index in [1.807, 2.05) is 0 Å². The van der Waals surface area contributed by atoms with Gasteiger partial charge in [0.15, 0.2) is 0 Å². The first kappa shape index (κ1) is 13.3. The maximum atomic E-state index is 10.9. The molecule has 6 heteroatoms. The molecule has 0 fully saturated rings. The zero-order chi connectivity index (χ0) is 10.3. The molecule has 0 bridgehead atoms. The van der Waals surface area contributed by atoms with Crippen LogP contribution in [-0.2, 0) is 4.79 Å². The number of hydrogen-bond donors (Lipinski definition) is 2. The minimum atomic E-state index is -1.88. The number of hydrogen-bond acceptors (Lipinski definition) is 2. The molecule has 0 aliphatic heterocycles. The lowest BCUT2D eigenvalue weighted by Gasteiger charge is -2.10. The van der Waals surface area contributed by atoms with Crippen molar-refractivity contribution in [2.75, 3.05) is 13.2 Å². The normalized spacial score (nSPS) is 11.4. The van der Waals surface area contributed by atoms with Crippen LogP contribution in [0, 0.1) is 0 Å². The fourth-order valence-corrected chi connectivity index (χ4v) is 0.916. The van der Waals surface area contributed by atoms with Crippen molar-refractivity contribution in [1.29, 1.82) is 0 Å². The van der Waals surface area contributed by atoms with Crippen molar-refractivity contribution in [3.05, 3.63) is 0 Å². The van der Waals surface area contributed by atoms with Gasteiger partial charge in [-0.05, 0) is 19.3 Å². The van der Waals surface area contributed by atoms with Crippen molar-refractivity contribution in [1.82, 2.24) is 5.32 Å². The van der Waals surface area contributed by atoms with Crippen LogP contribution in [0.4, 0.5) is 0 Å². The quantitative estimate of drug-likeness (QED) is 0.574. The van der Waals surface area contributed by atoms with E-state index in [0.29, 0.717) is 6.54 Å². The number of nitrogens with one attached hydrogen (secondary N) is 1. The molecule has 0 aliphatic carbocycles. The van der Waals surface area contributed by atoms with E-state index in [1.165, 1.54) is 0 Å². The number of amides is 1. The summed E-state index contributed by atoms with van der Waals surface area (Å²) in [6, 6.07) is 0. The van der Waals surface area contributed by atoms with Crippen LogP contribution >= 0.6 is 34.8 Å². The van der Waals surface area contributed by atoms with Crippen LogP contribution in [0.1, 0.15) is 19.3 Å². The molecule has 1 amide bonds. The lowest BCUT2D eigenvalue weighted by Crippen LogP contribution is -2.35. The summed E-state index contributed by atoms with van der Waals surface area (Å²) >= 11 is 15.9. The Bertz CT molecular complexity index is 158. The molecule has 0 aromatic heterocycles. The zero-order valence-electron chi connectivity index (χ0n) is 7.02. The summed E-state index contributed by atoms with van der Waals surface area (Å²) in [6.45, 7) is 0.630. The standard InChI is InChI=1S/C7H12Cl3NO2/c8-7(9,10)6(13)11-4-2-1-3-5-12/h12H,1-5H2,(H,11,13). The Morgan fingerprint density at radius 2 is 1.85 bits per heavy atom. The summed E-state index contributed by atoms with van der Waals surface area (Å²) < 4.78 is -1.88. The summed E-state index contributed by atoms with van der Waals surface area (Å²) in [5, 5.41) is 10.9. The van der Waals surface area contributed by atoms with E-state index in [0.717, 1.165) is 19.3 Å². The summed E-state index contributed by atoms with van der Waals surface area (Å²) in [7, 11) is 0. The van der Waals surface area contributed by atoms with Gasteiger partial charge in [-0.25, -0.2) is 0 Å². The molecule has 0 spiro atoms. The second-order valence-corrected chi connectivity index (χ2v) is 4.82. The fraction of sp³-hybridized carbons (Fsp3) is 0.857. The highest BCUT2D eigenvalue weighted by Crippen LogP contribution is 2.25. The molecule has 0 aromatic rings. The summed E-state index contributed by atoms with van der Waals surface area (Å²) in [6.07, 6.45) is 2.34. The number of unbranched alkanes of at least 4 members (excludes halogenated alkanes) is 2. The van der Waals surface area contributed by atoms with Crippen molar-refractivity contribution in [2.45, 2.75) is 23.1 Å². The highest BCUT2D eigenvalue weighted by molar-refractivity contribution is 6.76. The molecule has 0 heterocycles. The lowest BCUT2D eigenvalue weighted by molar-refractivity contribution is -0.120. The second kappa shape index (κ2) is 6.71. The number of carbonyl (C=O) groups is 1. The first-order valence-electron chi connectivity index (χ1n) is 3.94. The van der Waals surface area contributed by atoms with Gasteiger partial charge in [-0.2, -0.15) is 0 Å². The molecule has 0 saturated carbocycles. The molecule has 0 saturated heterocycles. The van der Waals surface area contributed by atoms with Gasteiger partial charge in [0.25, 0.3) is 9.70 Å². The van der Waals surface area contributed by atoms with Crippen molar-refractivity contribution >= 4 is 40.7 Å². The van der Waals surface area contributed by atoms with Gasteiger partial charge in [-0.15, -0.1) is 0 Å². The molecular weight excluding hydrogens is 236 g/mol. The number of carbonyl (C=O) groups excluding carboxylic acids is 1. The predicted octanol–water partition coefficient (Wildman–Crippen LogP) is 1.64. The van der Waals surface area contributed by atoms with E-state index >= 15 is 0 Å². The smallest absolute Gasteiger partial charge is 0.272 e. The minimum absolute atomic E-state index is 0.165. The topological polar surface area (TPSA) is 49.3 Å². The number of alkyl halides is 3. The number of aliphatic hydroxyl groups excluding tert-OH is 1. The second-order valence-electron chi connectivity index (χ2n) is 2.54. The summed E-state index contributed by atoms with van der Waals surface area (Å²) in [5.41, 5.74) is 0. The van der Waals surface area contributed by atoms with E-state index in [-0.39, 0.29) is 6.61 Å². The molecule has 0 rings (SSSR count). The molecule has 0 unspecified atom stereocenters. The Morgan fingerprint density at radius 1 is 1.23 bits per heavy atom. The summed E-state index contributed by atoms with van der Waals surface area (Å²) in [4.78, 5) is 10.9.